The third-order valence-corrected chi connectivity index (χ3v) is 3.53. The summed E-state index contributed by atoms with van der Waals surface area (Å²) in [5.74, 6) is 0.374. The zero-order chi connectivity index (χ0) is 18.6. The topological polar surface area (TPSA) is 59.9 Å². The Bertz CT molecular complexity index is 873. The molecule has 0 bridgehead atoms. The Labute approximate surface area is 151 Å². The van der Waals surface area contributed by atoms with Gasteiger partial charge in [0.2, 0.25) is 5.88 Å². The summed E-state index contributed by atoms with van der Waals surface area (Å²) in [6.45, 7) is 0.290. The van der Waals surface area contributed by atoms with Gasteiger partial charge in [-0.3, -0.25) is 0 Å². The van der Waals surface area contributed by atoms with E-state index >= 15 is 0 Å². The van der Waals surface area contributed by atoms with Crippen molar-refractivity contribution in [3.8, 4) is 5.88 Å². The summed E-state index contributed by atoms with van der Waals surface area (Å²) in [6, 6.07) is 11.6. The molecule has 0 fully saturated rings. The van der Waals surface area contributed by atoms with Crippen molar-refractivity contribution in [3.63, 3.8) is 0 Å². The molecule has 26 heavy (non-hydrogen) atoms. The van der Waals surface area contributed by atoms with Crippen molar-refractivity contribution >= 4 is 23.1 Å². The maximum atomic E-state index is 12.5. The molecule has 1 N–H and O–H groups in total. The van der Waals surface area contributed by atoms with Gasteiger partial charge in [0, 0.05) is 0 Å². The zero-order valence-electron chi connectivity index (χ0n) is 13.2. The van der Waals surface area contributed by atoms with E-state index in [0.717, 1.165) is 17.8 Å². The fraction of sp³-hybridized carbons (Fsp3) is 0.118. The van der Waals surface area contributed by atoms with E-state index in [1.54, 1.807) is 0 Å². The lowest BCUT2D eigenvalue weighted by Gasteiger charge is -2.11. The first-order valence-electron chi connectivity index (χ1n) is 7.41. The molecule has 3 aromatic rings. The van der Waals surface area contributed by atoms with Crippen LogP contribution in [0.1, 0.15) is 11.3 Å². The van der Waals surface area contributed by atoms with Crippen molar-refractivity contribution in [1.29, 1.82) is 0 Å². The smallest absolute Gasteiger partial charge is 0.433 e. The Morgan fingerprint density at radius 2 is 1.77 bits per heavy atom. The van der Waals surface area contributed by atoms with Crippen molar-refractivity contribution in [2.24, 2.45) is 0 Å². The number of hydrogen-bond donors (Lipinski definition) is 1. The fourth-order valence-corrected chi connectivity index (χ4v) is 2.15. The van der Waals surface area contributed by atoms with Crippen molar-refractivity contribution in [2.45, 2.75) is 12.8 Å². The summed E-state index contributed by atoms with van der Waals surface area (Å²) in [6.07, 6.45) is -2.10. The molecule has 2 aromatic heterocycles. The molecular weight excluding hydrogens is 369 g/mol. The normalized spacial score (nSPS) is 11.2. The van der Waals surface area contributed by atoms with Crippen LogP contribution in [0.2, 0.25) is 5.15 Å². The molecule has 0 aliphatic heterocycles. The molecule has 0 atom stereocenters. The second-order valence-electron chi connectivity index (χ2n) is 5.18. The van der Waals surface area contributed by atoms with Crippen molar-refractivity contribution < 1.29 is 17.9 Å². The van der Waals surface area contributed by atoms with Crippen LogP contribution < -0.4 is 10.1 Å². The monoisotopic (exact) mass is 380 g/mol. The van der Waals surface area contributed by atoms with Gasteiger partial charge in [-0.1, -0.05) is 41.9 Å². The molecule has 0 radical (unpaired) electrons. The van der Waals surface area contributed by atoms with Crippen LogP contribution in [0.3, 0.4) is 0 Å². The summed E-state index contributed by atoms with van der Waals surface area (Å²) >= 11 is 5.98. The minimum Gasteiger partial charge on any atom is -0.472 e. The van der Waals surface area contributed by atoms with Crippen LogP contribution >= 0.6 is 11.6 Å². The molecule has 5 nitrogen and oxygen atoms in total. The predicted octanol–water partition coefficient (Wildman–Crippen LogP) is 4.87. The molecule has 0 saturated carbocycles. The van der Waals surface area contributed by atoms with Gasteiger partial charge in [0.1, 0.15) is 12.3 Å². The molecule has 0 aliphatic carbocycles. The average Bonchev–Trinajstić information content (AvgIpc) is 2.63. The molecule has 0 spiro atoms. The van der Waals surface area contributed by atoms with Crippen LogP contribution in [0, 0.1) is 0 Å². The van der Waals surface area contributed by atoms with Crippen LogP contribution in [0.25, 0.3) is 0 Å². The first-order chi connectivity index (χ1) is 12.4. The number of ether oxygens (including phenoxy) is 1. The third kappa shape index (κ3) is 4.60. The minimum absolute atomic E-state index is 0.0527. The van der Waals surface area contributed by atoms with Crippen molar-refractivity contribution in [2.75, 3.05) is 5.32 Å². The Kier molecular flexibility index (Phi) is 5.22. The molecule has 2 heterocycles. The first kappa shape index (κ1) is 17.9. The Hall–Kier alpha value is -2.87. The Balaban J connectivity index is 1.71. The molecule has 3 rings (SSSR count). The van der Waals surface area contributed by atoms with Crippen LogP contribution in [0.15, 0.2) is 54.9 Å². The van der Waals surface area contributed by atoms with Crippen LogP contribution in [-0.2, 0) is 12.8 Å². The van der Waals surface area contributed by atoms with Gasteiger partial charge in [-0.15, -0.1) is 0 Å². The summed E-state index contributed by atoms with van der Waals surface area (Å²) in [5.41, 5.74) is 0.250. The number of anilines is 2. The minimum atomic E-state index is -4.50. The summed E-state index contributed by atoms with van der Waals surface area (Å²) in [7, 11) is 0. The van der Waals surface area contributed by atoms with E-state index in [2.05, 4.69) is 20.3 Å². The van der Waals surface area contributed by atoms with Gasteiger partial charge in [-0.25, -0.2) is 9.97 Å². The SMILES string of the molecule is FC(F)(F)c1ccc(Nc2nc(OCc3ccccc3)cnc2Cl)cn1. The van der Waals surface area contributed by atoms with E-state index in [-0.39, 0.29) is 22.5 Å². The van der Waals surface area contributed by atoms with Crippen molar-refractivity contribution in [1.82, 2.24) is 15.0 Å². The van der Waals surface area contributed by atoms with E-state index in [9.17, 15) is 13.2 Å². The largest absolute Gasteiger partial charge is 0.472 e. The van der Waals surface area contributed by atoms with Crippen LogP contribution in [0.5, 0.6) is 5.88 Å². The second-order valence-corrected chi connectivity index (χ2v) is 5.53. The van der Waals surface area contributed by atoms with Gasteiger partial charge in [-0.05, 0) is 17.7 Å². The fourth-order valence-electron chi connectivity index (χ4n) is 2.01. The van der Waals surface area contributed by atoms with Crippen LogP contribution in [-0.4, -0.2) is 15.0 Å². The summed E-state index contributed by atoms with van der Waals surface area (Å²) < 4.78 is 43.2. The number of halogens is 4. The number of alkyl halides is 3. The first-order valence-corrected chi connectivity index (χ1v) is 7.79. The highest BCUT2D eigenvalue weighted by Crippen LogP contribution is 2.29. The summed E-state index contributed by atoms with van der Waals surface area (Å²) in [5, 5.41) is 2.83. The number of aromatic nitrogens is 3. The molecule has 0 unspecified atom stereocenters. The highest BCUT2D eigenvalue weighted by Gasteiger charge is 2.32. The van der Waals surface area contributed by atoms with Crippen LogP contribution in [0.4, 0.5) is 24.7 Å². The van der Waals surface area contributed by atoms with Gasteiger partial charge in [-0.2, -0.15) is 18.2 Å². The molecule has 134 valence electrons. The van der Waals surface area contributed by atoms with E-state index < -0.39 is 11.9 Å². The van der Waals surface area contributed by atoms with E-state index in [4.69, 9.17) is 16.3 Å². The van der Waals surface area contributed by atoms with Crippen molar-refractivity contribution in [3.05, 3.63) is 71.3 Å². The number of pyridine rings is 1. The lowest BCUT2D eigenvalue weighted by Crippen LogP contribution is -2.08. The highest BCUT2D eigenvalue weighted by molar-refractivity contribution is 6.31. The Morgan fingerprint density at radius 3 is 2.42 bits per heavy atom. The quantitative estimate of drug-likeness (QED) is 0.684. The van der Waals surface area contributed by atoms with Gasteiger partial charge in [0.15, 0.2) is 11.0 Å². The zero-order valence-corrected chi connectivity index (χ0v) is 13.9. The van der Waals surface area contributed by atoms with Gasteiger partial charge in [0.25, 0.3) is 0 Å². The lowest BCUT2D eigenvalue weighted by molar-refractivity contribution is -0.141. The lowest BCUT2D eigenvalue weighted by atomic mass is 10.2. The molecule has 9 heteroatoms. The predicted molar refractivity (Wildman–Crippen MR) is 90.3 cm³/mol. The molecule has 0 aliphatic rings. The van der Waals surface area contributed by atoms with E-state index in [1.807, 2.05) is 30.3 Å². The molecular formula is C17H12ClF3N4O. The van der Waals surface area contributed by atoms with Gasteiger partial charge >= 0.3 is 6.18 Å². The summed E-state index contributed by atoms with van der Waals surface area (Å²) in [4.78, 5) is 11.5. The van der Waals surface area contributed by atoms with Gasteiger partial charge in [0.05, 0.1) is 18.1 Å². The third-order valence-electron chi connectivity index (χ3n) is 3.25. The molecule has 0 saturated heterocycles. The second kappa shape index (κ2) is 7.57. The average molecular weight is 381 g/mol. The number of hydrogen-bond acceptors (Lipinski definition) is 5. The van der Waals surface area contributed by atoms with E-state index in [1.165, 1.54) is 12.3 Å². The number of benzene rings is 1. The highest BCUT2D eigenvalue weighted by atomic mass is 35.5. The number of nitrogens with zero attached hydrogens (tertiary/aromatic N) is 3. The molecule has 0 amide bonds. The van der Waals surface area contributed by atoms with E-state index in [0.29, 0.717) is 6.61 Å². The standard InChI is InChI=1S/C17H12ClF3N4O/c18-15-16(24-12-6-7-13(22-8-12)17(19,20)21)25-14(9-23-15)26-10-11-4-2-1-3-5-11/h1-9H,10H2,(H,24,25). The Morgan fingerprint density at radius 1 is 1.00 bits per heavy atom. The molecule has 1 aromatic carbocycles. The number of nitrogens with one attached hydrogen (secondary N) is 1. The maximum absolute atomic E-state index is 12.5. The number of rotatable bonds is 5. The maximum Gasteiger partial charge on any atom is 0.433 e. The van der Waals surface area contributed by atoms with Gasteiger partial charge < -0.3 is 10.1 Å².